The molecule has 0 fully saturated rings. The third-order valence-electron chi connectivity index (χ3n) is 1.61. The molecule has 0 spiro atoms. The Bertz CT molecular complexity index is 313. The minimum absolute atomic E-state index is 0.115. The molecule has 0 saturated carbocycles. The molecule has 0 radical (unpaired) electrons. The number of hydrogen-bond donors (Lipinski definition) is 1. The standard InChI is InChI=1S/C8H9F3N2/c1-4-2-5(8(10)11)7(9)6(3-12)13-4/h2,8H,3,12H2,1H3. The molecule has 1 aromatic heterocycles. The van der Waals surface area contributed by atoms with Crippen molar-refractivity contribution in [2.24, 2.45) is 5.73 Å². The first-order valence-corrected chi connectivity index (χ1v) is 3.70. The second-order valence-corrected chi connectivity index (χ2v) is 2.62. The zero-order valence-electron chi connectivity index (χ0n) is 7.02. The van der Waals surface area contributed by atoms with Crippen LogP contribution >= 0.6 is 0 Å². The first-order valence-electron chi connectivity index (χ1n) is 3.70. The lowest BCUT2D eigenvalue weighted by Crippen LogP contribution is -2.07. The molecule has 13 heavy (non-hydrogen) atoms. The van der Waals surface area contributed by atoms with E-state index in [1.54, 1.807) is 0 Å². The fraction of sp³-hybridized carbons (Fsp3) is 0.375. The molecule has 0 aliphatic heterocycles. The Hall–Kier alpha value is -1.10. The number of hydrogen-bond acceptors (Lipinski definition) is 2. The Morgan fingerprint density at radius 1 is 1.54 bits per heavy atom. The fourth-order valence-electron chi connectivity index (χ4n) is 1.04. The van der Waals surface area contributed by atoms with E-state index >= 15 is 0 Å². The molecule has 0 aliphatic carbocycles. The highest BCUT2D eigenvalue weighted by atomic mass is 19.3. The highest BCUT2D eigenvalue weighted by Crippen LogP contribution is 2.23. The summed E-state index contributed by atoms with van der Waals surface area (Å²) in [7, 11) is 0. The summed E-state index contributed by atoms with van der Waals surface area (Å²) < 4.78 is 37.5. The number of aryl methyl sites for hydroxylation is 1. The van der Waals surface area contributed by atoms with Crippen LogP contribution in [0.2, 0.25) is 0 Å². The van der Waals surface area contributed by atoms with Gasteiger partial charge in [-0.05, 0) is 13.0 Å². The number of alkyl halides is 2. The lowest BCUT2D eigenvalue weighted by Gasteiger charge is -2.06. The number of nitrogens with two attached hydrogens (primary N) is 1. The van der Waals surface area contributed by atoms with Crippen LogP contribution in [0.1, 0.15) is 23.4 Å². The second kappa shape index (κ2) is 3.74. The Morgan fingerprint density at radius 2 is 2.15 bits per heavy atom. The van der Waals surface area contributed by atoms with Gasteiger partial charge in [-0.1, -0.05) is 0 Å². The van der Waals surface area contributed by atoms with E-state index in [0.717, 1.165) is 6.07 Å². The predicted molar refractivity (Wildman–Crippen MR) is 41.8 cm³/mol. The van der Waals surface area contributed by atoms with E-state index in [1.807, 2.05) is 0 Å². The first kappa shape index (κ1) is 9.98. The van der Waals surface area contributed by atoms with Gasteiger partial charge >= 0.3 is 0 Å². The lowest BCUT2D eigenvalue weighted by molar-refractivity contribution is 0.145. The molecule has 1 aromatic rings. The van der Waals surface area contributed by atoms with Crippen molar-refractivity contribution in [3.05, 3.63) is 28.8 Å². The van der Waals surface area contributed by atoms with Crippen LogP contribution in [0, 0.1) is 12.7 Å². The molecular weight excluding hydrogens is 181 g/mol. The number of nitrogens with zero attached hydrogens (tertiary/aromatic N) is 1. The first-order chi connectivity index (χ1) is 6.06. The summed E-state index contributed by atoms with van der Waals surface area (Å²) in [5.41, 5.74) is 4.74. The van der Waals surface area contributed by atoms with Crippen LogP contribution in [0.4, 0.5) is 13.2 Å². The van der Waals surface area contributed by atoms with Crippen LogP contribution in [0.3, 0.4) is 0 Å². The summed E-state index contributed by atoms with van der Waals surface area (Å²) in [4.78, 5) is 3.70. The van der Waals surface area contributed by atoms with Gasteiger partial charge in [0.15, 0.2) is 5.82 Å². The molecule has 0 bridgehead atoms. The predicted octanol–water partition coefficient (Wildman–Crippen LogP) is 1.93. The van der Waals surface area contributed by atoms with Crippen molar-refractivity contribution >= 4 is 0 Å². The van der Waals surface area contributed by atoms with E-state index in [4.69, 9.17) is 5.73 Å². The quantitative estimate of drug-likeness (QED) is 0.773. The maximum absolute atomic E-state index is 13.1. The van der Waals surface area contributed by atoms with Crippen LogP contribution in [0.15, 0.2) is 6.07 Å². The normalized spacial score (nSPS) is 10.9. The topological polar surface area (TPSA) is 38.9 Å². The summed E-state index contributed by atoms with van der Waals surface area (Å²) in [5.74, 6) is -0.997. The molecule has 1 heterocycles. The minimum atomic E-state index is -2.83. The van der Waals surface area contributed by atoms with Crippen molar-refractivity contribution in [3.63, 3.8) is 0 Å². The number of halogens is 3. The van der Waals surface area contributed by atoms with Gasteiger partial charge in [-0.15, -0.1) is 0 Å². The summed E-state index contributed by atoms with van der Waals surface area (Å²) in [6.07, 6.45) is -2.83. The van der Waals surface area contributed by atoms with Crippen LogP contribution < -0.4 is 5.73 Å². The highest BCUT2D eigenvalue weighted by molar-refractivity contribution is 5.24. The van der Waals surface area contributed by atoms with Crippen molar-refractivity contribution in [2.75, 3.05) is 0 Å². The lowest BCUT2D eigenvalue weighted by atomic mass is 10.2. The Labute approximate surface area is 73.6 Å². The van der Waals surface area contributed by atoms with Gasteiger partial charge in [0.25, 0.3) is 6.43 Å². The van der Waals surface area contributed by atoms with E-state index in [1.165, 1.54) is 6.92 Å². The van der Waals surface area contributed by atoms with E-state index < -0.39 is 17.8 Å². The zero-order valence-corrected chi connectivity index (χ0v) is 7.02. The number of rotatable bonds is 2. The smallest absolute Gasteiger partial charge is 0.266 e. The number of pyridine rings is 1. The largest absolute Gasteiger partial charge is 0.325 e. The van der Waals surface area contributed by atoms with Crippen molar-refractivity contribution in [2.45, 2.75) is 19.9 Å². The Morgan fingerprint density at radius 3 is 2.62 bits per heavy atom. The van der Waals surface area contributed by atoms with Gasteiger partial charge in [-0.2, -0.15) is 0 Å². The number of aromatic nitrogens is 1. The molecule has 0 unspecified atom stereocenters. The van der Waals surface area contributed by atoms with Gasteiger partial charge in [0.2, 0.25) is 0 Å². The van der Waals surface area contributed by atoms with E-state index in [2.05, 4.69) is 4.98 Å². The van der Waals surface area contributed by atoms with Crippen molar-refractivity contribution in [1.82, 2.24) is 4.98 Å². The minimum Gasteiger partial charge on any atom is -0.325 e. The monoisotopic (exact) mass is 190 g/mol. The van der Waals surface area contributed by atoms with Gasteiger partial charge < -0.3 is 5.73 Å². The van der Waals surface area contributed by atoms with Crippen LogP contribution in [-0.4, -0.2) is 4.98 Å². The SMILES string of the molecule is Cc1cc(C(F)F)c(F)c(CN)n1. The van der Waals surface area contributed by atoms with Gasteiger partial charge in [-0.25, -0.2) is 13.2 Å². The zero-order chi connectivity index (χ0) is 10.0. The van der Waals surface area contributed by atoms with E-state index in [0.29, 0.717) is 5.69 Å². The summed E-state index contributed by atoms with van der Waals surface area (Å²) in [6, 6.07) is 1.03. The molecule has 0 saturated heterocycles. The van der Waals surface area contributed by atoms with Crippen LogP contribution in [0.25, 0.3) is 0 Å². The average Bonchev–Trinajstić information content (AvgIpc) is 2.08. The molecule has 0 atom stereocenters. The van der Waals surface area contributed by atoms with Gasteiger partial charge in [0.05, 0.1) is 11.3 Å². The van der Waals surface area contributed by atoms with Crippen LogP contribution in [-0.2, 0) is 6.54 Å². The second-order valence-electron chi connectivity index (χ2n) is 2.62. The molecule has 72 valence electrons. The van der Waals surface area contributed by atoms with Crippen LogP contribution in [0.5, 0.6) is 0 Å². The molecule has 1 rings (SSSR count). The van der Waals surface area contributed by atoms with Crippen molar-refractivity contribution < 1.29 is 13.2 Å². The van der Waals surface area contributed by atoms with Crippen molar-refractivity contribution in [3.8, 4) is 0 Å². The third kappa shape index (κ3) is 1.98. The fourth-order valence-corrected chi connectivity index (χ4v) is 1.04. The maximum Gasteiger partial charge on any atom is 0.266 e. The van der Waals surface area contributed by atoms with E-state index in [9.17, 15) is 13.2 Å². The molecule has 0 aliphatic rings. The molecule has 5 heteroatoms. The van der Waals surface area contributed by atoms with Gasteiger partial charge in [0, 0.05) is 12.2 Å². The molecular formula is C8H9F3N2. The van der Waals surface area contributed by atoms with Crippen molar-refractivity contribution in [1.29, 1.82) is 0 Å². The molecule has 0 amide bonds. The van der Waals surface area contributed by atoms with Gasteiger partial charge in [0.1, 0.15) is 0 Å². The molecule has 2 nitrogen and oxygen atoms in total. The summed E-state index contributed by atoms with van der Waals surface area (Å²) in [6.45, 7) is 1.34. The maximum atomic E-state index is 13.1. The highest BCUT2D eigenvalue weighted by Gasteiger charge is 2.17. The third-order valence-corrected chi connectivity index (χ3v) is 1.61. The summed E-state index contributed by atoms with van der Waals surface area (Å²) >= 11 is 0. The summed E-state index contributed by atoms with van der Waals surface area (Å²) in [5, 5.41) is 0. The molecule has 2 N–H and O–H groups in total. The Kier molecular flexibility index (Phi) is 2.87. The van der Waals surface area contributed by atoms with Gasteiger partial charge in [-0.3, -0.25) is 4.98 Å². The van der Waals surface area contributed by atoms with E-state index in [-0.39, 0.29) is 12.2 Å². The average molecular weight is 190 g/mol. The molecule has 0 aromatic carbocycles. The Balaban J connectivity index is 3.27.